The van der Waals surface area contributed by atoms with Crippen LogP contribution in [0.3, 0.4) is 0 Å². The minimum absolute atomic E-state index is 0.369. The van der Waals surface area contributed by atoms with Gasteiger partial charge in [-0.2, -0.15) is 13.2 Å². The Labute approximate surface area is 151 Å². The van der Waals surface area contributed by atoms with Crippen molar-refractivity contribution in [1.29, 1.82) is 0 Å². The molecule has 0 N–H and O–H groups in total. The van der Waals surface area contributed by atoms with Crippen LogP contribution in [0.5, 0.6) is 0 Å². The number of amides is 1. The Balaban J connectivity index is 1.95. The number of ether oxygens (including phenoxy) is 2. The van der Waals surface area contributed by atoms with E-state index in [0.717, 1.165) is 10.5 Å². The van der Waals surface area contributed by atoms with Crippen molar-refractivity contribution in [3.63, 3.8) is 0 Å². The molecular weight excluding hydrogens is 347 g/mol. The van der Waals surface area contributed by atoms with Gasteiger partial charge in [-0.25, -0.2) is 0 Å². The van der Waals surface area contributed by atoms with Crippen molar-refractivity contribution in [2.75, 3.05) is 33.0 Å². The van der Waals surface area contributed by atoms with E-state index in [9.17, 15) is 18.0 Å². The van der Waals surface area contributed by atoms with Crippen LogP contribution in [0.2, 0.25) is 0 Å². The molecule has 2 saturated heterocycles. The molecule has 2 fully saturated rings. The van der Waals surface area contributed by atoms with Crippen molar-refractivity contribution in [3.8, 4) is 0 Å². The van der Waals surface area contributed by atoms with Gasteiger partial charge in [-0.3, -0.25) is 4.79 Å². The molecule has 0 radical (unpaired) electrons. The molecule has 1 aromatic rings. The Morgan fingerprint density at radius 3 is 2.19 bits per heavy atom. The van der Waals surface area contributed by atoms with E-state index in [1.54, 1.807) is 0 Å². The quantitative estimate of drug-likeness (QED) is 0.815. The second-order valence-electron chi connectivity index (χ2n) is 6.95. The van der Waals surface area contributed by atoms with E-state index in [1.807, 2.05) is 30.3 Å². The lowest BCUT2D eigenvalue weighted by Gasteiger charge is -2.44. The second kappa shape index (κ2) is 7.96. The molecule has 1 amide bonds. The average Bonchev–Trinajstić information content (AvgIpc) is 2.67. The molecule has 0 aliphatic carbocycles. The number of hydrogen-bond donors (Lipinski definition) is 0. The number of hydrogen-bond acceptors (Lipinski definition) is 3. The molecular formula is C19H24F3NO3. The first kappa shape index (κ1) is 19.2. The Kier molecular flexibility index (Phi) is 5.87. The molecule has 0 bridgehead atoms. The van der Waals surface area contributed by atoms with E-state index in [4.69, 9.17) is 9.47 Å². The lowest BCUT2D eigenvalue weighted by molar-refractivity contribution is -0.174. The maximum Gasteiger partial charge on any atom is 0.406 e. The van der Waals surface area contributed by atoms with Crippen LogP contribution in [0.15, 0.2) is 30.3 Å². The molecule has 0 saturated carbocycles. The molecule has 26 heavy (non-hydrogen) atoms. The van der Waals surface area contributed by atoms with Crippen LogP contribution in [0.25, 0.3) is 0 Å². The highest BCUT2D eigenvalue weighted by Gasteiger charge is 2.48. The van der Waals surface area contributed by atoms with Crippen molar-refractivity contribution in [2.24, 2.45) is 0 Å². The third kappa shape index (κ3) is 4.20. The van der Waals surface area contributed by atoms with Crippen LogP contribution in [0.1, 0.15) is 31.2 Å². The highest BCUT2D eigenvalue weighted by atomic mass is 19.4. The summed E-state index contributed by atoms with van der Waals surface area (Å²) in [5.74, 6) is -0.434. The lowest BCUT2D eigenvalue weighted by atomic mass is 9.72. The van der Waals surface area contributed by atoms with Gasteiger partial charge in [0.15, 0.2) is 0 Å². The summed E-state index contributed by atoms with van der Waals surface area (Å²) in [5, 5.41) is 0. The molecule has 4 nitrogen and oxygen atoms in total. The predicted octanol–water partition coefficient (Wildman–Crippen LogP) is 3.30. The van der Waals surface area contributed by atoms with Crippen molar-refractivity contribution in [3.05, 3.63) is 35.9 Å². The van der Waals surface area contributed by atoms with Crippen molar-refractivity contribution in [2.45, 2.75) is 43.3 Å². The van der Waals surface area contributed by atoms with Crippen LogP contribution < -0.4 is 0 Å². The highest BCUT2D eigenvalue weighted by Crippen LogP contribution is 2.38. The Morgan fingerprint density at radius 2 is 1.62 bits per heavy atom. The van der Waals surface area contributed by atoms with Gasteiger partial charge in [0.05, 0.1) is 5.41 Å². The molecule has 0 atom stereocenters. The first-order valence-electron chi connectivity index (χ1n) is 9.01. The summed E-state index contributed by atoms with van der Waals surface area (Å²) in [6, 6.07) is 8.71. The van der Waals surface area contributed by atoms with E-state index in [2.05, 4.69) is 0 Å². The van der Waals surface area contributed by atoms with Gasteiger partial charge in [-0.15, -0.1) is 0 Å². The van der Waals surface area contributed by atoms with Gasteiger partial charge in [0.1, 0.15) is 6.54 Å². The van der Waals surface area contributed by atoms with Crippen LogP contribution in [0.4, 0.5) is 13.2 Å². The van der Waals surface area contributed by atoms with Gasteiger partial charge in [-0.05, 0) is 31.2 Å². The largest absolute Gasteiger partial charge is 0.406 e. The summed E-state index contributed by atoms with van der Waals surface area (Å²) in [7, 11) is 0. The monoisotopic (exact) mass is 371 g/mol. The first-order chi connectivity index (χ1) is 12.4. The third-order valence-electron chi connectivity index (χ3n) is 5.32. The molecule has 0 spiro atoms. The van der Waals surface area contributed by atoms with Gasteiger partial charge in [0, 0.05) is 32.5 Å². The molecule has 2 aliphatic heterocycles. The van der Waals surface area contributed by atoms with E-state index in [-0.39, 0.29) is 0 Å². The smallest absolute Gasteiger partial charge is 0.381 e. The van der Waals surface area contributed by atoms with Crippen molar-refractivity contribution < 1.29 is 27.4 Å². The standard InChI is InChI=1S/C19H24F3NO3/c20-19(21,22)14-23(16-6-10-25-11-7-16)17(24)18(8-12-26-13-9-18)15-4-2-1-3-5-15/h1-5,16H,6-14H2. The van der Waals surface area contributed by atoms with E-state index >= 15 is 0 Å². The molecule has 2 aliphatic rings. The maximum atomic E-state index is 13.5. The summed E-state index contributed by atoms with van der Waals surface area (Å²) in [5.41, 5.74) is -0.184. The lowest BCUT2D eigenvalue weighted by Crippen LogP contribution is -2.56. The van der Waals surface area contributed by atoms with E-state index in [0.29, 0.717) is 52.1 Å². The SMILES string of the molecule is O=C(N(CC(F)(F)F)C1CCOCC1)C1(c2ccccc2)CCOCC1. The fraction of sp³-hybridized carbons (Fsp3) is 0.632. The fourth-order valence-electron chi connectivity index (χ4n) is 3.93. The average molecular weight is 371 g/mol. The zero-order valence-corrected chi connectivity index (χ0v) is 14.6. The number of rotatable bonds is 4. The number of benzene rings is 1. The maximum absolute atomic E-state index is 13.5. The third-order valence-corrected chi connectivity index (χ3v) is 5.32. The molecule has 3 rings (SSSR count). The van der Waals surface area contributed by atoms with Crippen molar-refractivity contribution >= 4 is 5.91 Å². The van der Waals surface area contributed by atoms with Gasteiger partial charge in [0.25, 0.3) is 0 Å². The Morgan fingerprint density at radius 1 is 1.04 bits per heavy atom. The second-order valence-corrected chi connectivity index (χ2v) is 6.95. The minimum Gasteiger partial charge on any atom is -0.381 e. The normalized spacial score (nSPS) is 21.3. The summed E-state index contributed by atoms with van der Waals surface area (Å²) >= 11 is 0. The van der Waals surface area contributed by atoms with Gasteiger partial charge >= 0.3 is 6.18 Å². The topological polar surface area (TPSA) is 38.8 Å². The molecule has 1 aromatic carbocycles. The molecule has 144 valence electrons. The zero-order chi connectivity index (χ0) is 18.6. The minimum atomic E-state index is -4.43. The van der Waals surface area contributed by atoms with Gasteiger partial charge in [0.2, 0.25) is 5.91 Å². The highest BCUT2D eigenvalue weighted by molar-refractivity contribution is 5.88. The van der Waals surface area contributed by atoms with E-state index < -0.39 is 30.1 Å². The summed E-state index contributed by atoms with van der Waals surface area (Å²) in [6.07, 6.45) is -2.77. The molecule has 2 heterocycles. The van der Waals surface area contributed by atoms with Crippen LogP contribution in [0, 0.1) is 0 Å². The summed E-state index contributed by atoms with van der Waals surface area (Å²) in [6.45, 7) is 0.288. The summed E-state index contributed by atoms with van der Waals surface area (Å²) < 4.78 is 50.5. The van der Waals surface area contributed by atoms with Gasteiger partial charge in [-0.1, -0.05) is 30.3 Å². The number of carbonyl (C=O) groups excluding carboxylic acids is 1. The number of carbonyl (C=O) groups is 1. The Hall–Kier alpha value is -1.60. The van der Waals surface area contributed by atoms with Crippen LogP contribution in [-0.4, -0.2) is 56.0 Å². The molecule has 0 aromatic heterocycles. The predicted molar refractivity (Wildman–Crippen MR) is 89.8 cm³/mol. The summed E-state index contributed by atoms with van der Waals surface area (Å²) in [4.78, 5) is 14.6. The zero-order valence-electron chi connectivity index (χ0n) is 14.6. The molecule has 0 unspecified atom stereocenters. The number of nitrogens with zero attached hydrogens (tertiary/aromatic N) is 1. The molecule has 7 heteroatoms. The van der Waals surface area contributed by atoms with Gasteiger partial charge < -0.3 is 14.4 Å². The Bertz CT molecular complexity index is 594. The number of alkyl halides is 3. The van der Waals surface area contributed by atoms with Crippen LogP contribution >= 0.6 is 0 Å². The first-order valence-corrected chi connectivity index (χ1v) is 9.01. The van der Waals surface area contributed by atoms with Crippen LogP contribution in [-0.2, 0) is 19.7 Å². The van der Waals surface area contributed by atoms with Crippen molar-refractivity contribution in [1.82, 2.24) is 4.90 Å². The van der Waals surface area contributed by atoms with E-state index in [1.165, 1.54) is 0 Å². The fourth-order valence-corrected chi connectivity index (χ4v) is 3.93. The number of halogens is 3.